The number of nitrogens with zero attached hydrogens (tertiary/aromatic N) is 2. The van der Waals surface area contributed by atoms with Gasteiger partial charge in [0.2, 0.25) is 5.88 Å². The number of H-pyrrole nitrogens is 1. The van der Waals surface area contributed by atoms with E-state index in [1.807, 2.05) is 24.3 Å². The second-order valence-corrected chi connectivity index (χ2v) is 5.45. The van der Waals surface area contributed by atoms with Crippen LogP contribution >= 0.6 is 0 Å². The molecule has 1 unspecified atom stereocenters. The molecule has 0 saturated heterocycles. The topological polar surface area (TPSA) is 105 Å². The fraction of sp³-hybridized carbons (Fsp3) is 0.0556. The van der Waals surface area contributed by atoms with Crippen molar-refractivity contribution in [1.29, 1.82) is 5.26 Å². The maximum atomic E-state index is 12.7. The molecule has 1 aliphatic rings. The highest BCUT2D eigenvalue weighted by molar-refractivity contribution is 5.87. The number of fused-ring (bicyclic) bond motifs is 3. The van der Waals surface area contributed by atoms with Gasteiger partial charge in [0, 0.05) is 17.8 Å². The number of para-hydroxylation sites is 1. The summed E-state index contributed by atoms with van der Waals surface area (Å²) in [6.45, 7) is 0. The van der Waals surface area contributed by atoms with Crippen LogP contribution in [-0.4, -0.2) is 9.97 Å². The van der Waals surface area contributed by atoms with E-state index in [-0.39, 0.29) is 17.0 Å². The Bertz CT molecular complexity index is 1080. The highest BCUT2D eigenvalue weighted by Crippen LogP contribution is 2.42. The van der Waals surface area contributed by atoms with Gasteiger partial charge >= 0.3 is 0 Å². The second-order valence-electron chi connectivity index (χ2n) is 5.45. The lowest BCUT2D eigenvalue weighted by Crippen LogP contribution is -2.27. The predicted molar refractivity (Wildman–Crippen MR) is 88.1 cm³/mol. The largest absolute Gasteiger partial charge is 0.439 e. The summed E-state index contributed by atoms with van der Waals surface area (Å²) >= 11 is 0. The fourth-order valence-electron chi connectivity index (χ4n) is 3.05. The van der Waals surface area contributed by atoms with Crippen LogP contribution in [0.15, 0.2) is 65.0 Å². The summed E-state index contributed by atoms with van der Waals surface area (Å²) in [6.07, 6.45) is 3.26. The molecule has 6 nitrogen and oxygen atoms in total. The summed E-state index contributed by atoms with van der Waals surface area (Å²) in [7, 11) is 0. The molecule has 3 aromatic rings. The minimum Gasteiger partial charge on any atom is -0.439 e. The van der Waals surface area contributed by atoms with Crippen LogP contribution in [0.1, 0.15) is 17.0 Å². The van der Waals surface area contributed by atoms with Crippen molar-refractivity contribution in [2.75, 3.05) is 0 Å². The zero-order valence-corrected chi connectivity index (χ0v) is 12.5. The summed E-state index contributed by atoms with van der Waals surface area (Å²) in [5.41, 5.74) is 7.60. The number of nitrogens with one attached hydrogen (secondary N) is 1. The van der Waals surface area contributed by atoms with Crippen LogP contribution in [0.5, 0.6) is 5.75 Å². The molecule has 0 spiro atoms. The van der Waals surface area contributed by atoms with Crippen LogP contribution in [0.4, 0.5) is 0 Å². The lowest BCUT2D eigenvalue weighted by molar-refractivity contribution is 0.397. The zero-order valence-electron chi connectivity index (χ0n) is 12.5. The Labute approximate surface area is 136 Å². The van der Waals surface area contributed by atoms with Gasteiger partial charge in [0.15, 0.2) is 0 Å². The molecule has 2 aromatic heterocycles. The van der Waals surface area contributed by atoms with Crippen molar-refractivity contribution in [3.05, 3.63) is 81.7 Å². The number of allylic oxidation sites excluding steroid dienone is 1. The SMILES string of the molecule is N#CC1=C(N)Oc2c(c(=O)[nH]c3ccccc23)C1c1cccnc1. The van der Waals surface area contributed by atoms with E-state index in [9.17, 15) is 10.1 Å². The van der Waals surface area contributed by atoms with Crippen molar-refractivity contribution < 1.29 is 4.74 Å². The van der Waals surface area contributed by atoms with Crippen LogP contribution < -0.4 is 16.0 Å². The number of rotatable bonds is 1. The Morgan fingerprint density at radius 3 is 2.83 bits per heavy atom. The van der Waals surface area contributed by atoms with Gasteiger partial charge in [-0.1, -0.05) is 18.2 Å². The summed E-state index contributed by atoms with van der Waals surface area (Å²) in [6, 6.07) is 12.9. The van der Waals surface area contributed by atoms with Crippen molar-refractivity contribution >= 4 is 10.9 Å². The van der Waals surface area contributed by atoms with E-state index in [1.54, 1.807) is 24.5 Å². The average molecular weight is 316 g/mol. The molecule has 1 atom stereocenters. The van der Waals surface area contributed by atoms with Crippen molar-refractivity contribution in [2.24, 2.45) is 5.73 Å². The lowest BCUT2D eigenvalue weighted by Gasteiger charge is -2.26. The molecule has 0 bridgehead atoms. The molecule has 3 heterocycles. The number of ether oxygens (including phenoxy) is 1. The molecule has 1 aliphatic heterocycles. The number of aromatic nitrogens is 2. The standard InChI is InChI=1S/C18H12N4O2/c19-8-12-14(10-4-3-7-21-9-10)15-16(24-17(12)20)11-5-1-2-6-13(11)22-18(15)23/h1-7,9,14H,20H2,(H,22,23). The van der Waals surface area contributed by atoms with E-state index in [0.29, 0.717) is 22.4 Å². The summed E-state index contributed by atoms with van der Waals surface area (Å²) in [5, 5.41) is 10.3. The molecule has 6 heteroatoms. The van der Waals surface area contributed by atoms with Gasteiger partial charge in [-0.2, -0.15) is 5.26 Å². The van der Waals surface area contributed by atoms with E-state index < -0.39 is 5.92 Å². The molecule has 24 heavy (non-hydrogen) atoms. The van der Waals surface area contributed by atoms with Crippen molar-refractivity contribution in [1.82, 2.24) is 9.97 Å². The first-order valence-corrected chi connectivity index (χ1v) is 7.33. The first kappa shape index (κ1) is 14.0. The van der Waals surface area contributed by atoms with Gasteiger partial charge in [-0.25, -0.2) is 0 Å². The minimum absolute atomic E-state index is 0.00889. The molecule has 3 N–H and O–H groups in total. The van der Waals surface area contributed by atoms with Crippen LogP contribution in [-0.2, 0) is 0 Å². The van der Waals surface area contributed by atoms with E-state index >= 15 is 0 Å². The predicted octanol–water partition coefficient (Wildman–Crippen LogP) is 2.14. The lowest BCUT2D eigenvalue weighted by atomic mass is 9.84. The third-order valence-corrected chi connectivity index (χ3v) is 4.10. The van der Waals surface area contributed by atoms with Crippen molar-refractivity contribution in [3.63, 3.8) is 0 Å². The first-order chi connectivity index (χ1) is 11.7. The first-order valence-electron chi connectivity index (χ1n) is 7.33. The molecule has 116 valence electrons. The van der Waals surface area contributed by atoms with Crippen LogP contribution in [0.2, 0.25) is 0 Å². The van der Waals surface area contributed by atoms with Gasteiger partial charge in [0.25, 0.3) is 5.56 Å². The quantitative estimate of drug-likeness (QED) is 0.715. The molecule has 0 saturated carbocycles. The third kappa shape index (κ3) is 1.96. The van der Waals surface area contributed by atoms with Crippen LogP contribution in [0.25, 0.3) is 10.9 Å². The molecule has 1 aromatic carbocycles. The number of aromatic amines is 1. The van der Waals surface area contributed by atoms with Crippen LogP contribution in [0, 0.1) is 11.3 Å². The monoisotopic (exact) mass is 316 g/mol. The molecular weight excluding hydrogens is 304 g/mol. The number of benzene rings is 1. The maximum Gasteiger partial charge on any atom is 0.256 e. The molecule has 4 rings (SSSR count). The summed E-state index contributed by atoms with van der Waals surface area (Å²) in [5.74, 6) is -0.213. The van der Waals surface area contributed by atoms with Crippen molar-refractivity contribution in [2.45, 2.75) is 5.92 Å². The number of hydrogen-bond donors (Lipinski definition) is 2. The third-order valence-electron chi connectivity index (χ3n) is 4.10. The fourth-order valence-corrected chi connectivity index (χ4v) is 3.05. The van der Waals surface area contributed by atoms with E-state index in [2.05, 4.69) is 16.0 Å². The Kier molecular flexibility index (Phi) is 3.07. The van der Waals surface area contributed by atoms with Gasteiger partial charge in [-0.3, -0.25) is 9.78 Å². The Morgan fingerprint density at radius 1 is 1.25 bits per heavy atom. The average Bonchev–Trinajstić information content (AvgIpc) is 2.61. The molecule has 0 amide bonds. The number of nitrogens with two attached hydrogens (primary N) is 1. The van der Waals surface area contributed by atoms with Gasteiger partial charge < -0.3 is 15.5 Å². The van der Waals surface area contributed by atoms with Gasteiger partial charge in [0.1, 0.15) is 17.4 Å². The Hall–Kier alpha value is -3.59. The molecule has 0 aliphatic carbocycles. The Morgan fingerprint density at radius 2 is 2.08 bits per heavy atom. The molecule has 0 fully saturated rings. The maximum absolute atomic E-state index is 12.7. The number of nitriles is 1. The van der Waals surface area contributed by atoms with E-state index in [1.165, 1.54) is 0 Å². The highest BCUT2D eigenvalue weighted by Gasteiger charge is 2.34. The molecular formula is C18H12N4O2. The Balaban J connectivity index is 2.10. The smallest absolute Gasteiger partial charge is 0.256 e. The van der Waals surface area contributed by atoms with Crippen LogP contribution in [0.3, 0.4) is 0 Å². The number of hydrogen-bond acceptors (Lipinski definition) is 5. The van der Waals surface area contributed by atoms with E-state index in [0.717, 1.165) is 5.39 Å². The van der Waals surface area contributed by atoms with Gasteiger partial charge in [-0.15, -0.1) is 0 Å². The highest BCUT2D eigenvalue weighted by atomic mass is 16.5. The summed E-state index contributed by atoms with van der Waals surface area (Å²) < 4.78 is 5.68. The zero-order chi connectivity index (χ0) is 16.7. The van der Waals surface area contributed by atoms with Crippen molar-refractivity contribution in [3.8, 4) is 11.8 Å². The van der Waals surface area contributed by atoms with E-state index in [4.69, 9.17) is 10.5 Å². The second kappa shape index (κ2) is 5.25. The van der Waals surface area contributed by atoms with Gasteiger partial charge in [0.05, 0.1) is 17.0 Å². The minimum atomic E-state index is -0.610. The number of pyridine rings is 2. The molecule has 0 radical (unpaired) electrons. The summed E-state index contributed by atoms with van der Waals surface area (Å²) in [4.78, 5) is 19.6. The normalized spacial score (nSPS) is 16.4. The van der Waals surface area contributed by atoms with Gasteiger partial charge in [-0.05, 0) is 23.8 Å².